The maximum absolute atomic E-state index is 11.9. The topological polar surface area (TPSA) is 102 Å². The van der Waals surface area contributed by atoms with Gasteiger partial charge in [0, 0.05) is 6.54 Å². The molecule has 9 heteroatoms. The van der Waals surface area contributed by atoms with Gasteiger partial charge in [-0.15, -0.1) is 0 Å². The van der Waals surface area contributed by atoms with E-state index in [0.29, 0.717) is 17.2 Å². The Morgan fingerprint density at radius 2 is 2.00 bits per heavy atom. The maximum Gasteiger partial charge on any atom is 0.321 e. The molecular weight excluding hydrogens is 352 g/mol. The average Bonchev–Trinajstić information content (AvgIpc) is 3.10. The lowest BCUT2D eigenvalue weighted by molar-refractivity contribution is -0.117. The number of amides is 3. The number of fused-ring (bicyclic) bond motifs is 1. The van der Waals surface area contributed by atoms with E-state index in [1.54, 1.807) is 10.9 Å². The van der Waals surface area contributed by atoms with Crippen molar-refractivity contribution in [2.45, 2.75) is 18.4 Å². The number of para-hydroxylation sites is 1. The number of hydrogen-bond acceptors (Lipinski definition) is 6. The Labute approximate surface area is 154 Å². The van der Waals surface area contributed by atoms with Crippen LogP contribution in [0.2, 0.25) is 0 Å². The molecule has 134 valence electrons. The summed E-state index contributed by atoms with van der Waals surface area (Å²) in [7, 11) is 0. The summed E-state index contributed by atoms with van der Waals surface area (Å²) in [5.74, 6) is -0.312. The van der Waals surface area contributed by atoms with Gasteiger partial charge < -0.3 is 5.32 Å². The van der Waals surface area contributed by atoms with Crippen molar-refractivity contribution in [1.82, 2.24) is 30.4 Å². The zero-order valence-electron chi connectivity index (χ0n) is 14.2. The first kappa shape index (κ1) is 17.9. The van der Waals surface area contributed by atoms with Gasteiger partial charge in [-0.1, -0.05) is 36.9 Å². The highest BCUT2D eigenvalue weighted by molar-refractivity contribution is 8.00. The van der Waals surface area contributed by atoms with Crippen molar-refractivity contribution in [2.24, 2.45) is 0 Å². The molecule has 3 aromatic rings. The summed E-state index contributed by atoms with van der Waals surface area (Å²) >= 11 is 1.24. The Kier molecular flexibility index (Phi) is 5.80. The number of benzene rings is 1. The van der Waals surface area contributed by atoms with Crippen LogP contribution < -0.4 is 10.6 Å². The predicted molar refractivity (Wildman–Crippen MR) is 99.2 cm³/mol. The summed E-state index contributed by atoms with van der Waals surface area (Å²) in [5.41, 5.74) is 1.55. The second-order valence-electron chi connectivity index (χ2n) is 5.40. The second-order valence-corrected chi connectivity index (χ2v) is 6.36. The fraction of sp³-hybridized carbons (Fsp3) is 0.235. The molecule has 0 aliphatic rings. The van der Waals surface area contributed by atoms with E-state index in [1.165, 1.54) is 18.1 Å². The van der Waals surface area contributed by atoms with Gasteiger partial charge in [0.15, 0.2) is 5.65 Å². The highest BCUT2D eigenvalue weighted by atomic mass is 32.2. The summed E-state index contributed by atoms with van der Waals surface area (Å²) in [5, 5.41) is 10.6. The lowest BCUT2D eigenvalue weighted by Gasteiger charge is -2.06. The van der Waals surface area contributed by atoms with Crippen LogP contribution in [0, 0.1) is 0 Å². The molecule has 0 saturated heterocycles. The first-order valence-electron chi connectivity index (χ1n) is 8.13. The third kappa shape index (κ3) is 4.17. The van der Waals surface area contributed by atoms with Crippen LogP contribution in [-0.4, -0.2) is 44.0 Å². The number of nitrogens with zero attached hydrogens (tertiary/aromatic N) is 4. The Hall–Kier alpha value is -2.94. The van der Waals surface area contributed by atoms with E-state index >= 15 is 0 Å². The van der Waals surface area contributed by atoms with Gasteiger partial charge in [0.25, 0.3) is 0 Å². The van der Waals surface area contributed by atoms with Crippen molar-refractivity contribution < 1.29 is 9.59 Å². The first-order valence-corrected chi connectivity index (χ1v) is 9.12. The minimum absolute atomic E-state index is 0.0716. The highest BCUT2D eigenvalue weighted by Gasteiger charge is 2.13. The normalized spacial score (nSPS) is 10.7. The van der Waals surface area contributed by atoms with Crippen LogP contribution in [0.5, 0.6) is 0 Å². The number of hydrogen-bond donors (Lipinski definition) is 2. The molecule has 0 aliphatic heterocycles. The minimum atomic E-state index is -0.484. The fourth-order valence-corrected chi connectivity index (χ4v) is 3.04. The van der Waals surface area contributed by atoms with Gasteiger partial charge in [0.2, 0.25) is 5.91 Å². The molecule has 0 atom stereocenters. The molecule has 2 aromatic heterocycles. The van der Waals surface area contributed by atoms with Crippen LogP contribution in [-0.2, 0) is 4.79 Å². The van der Waals surface area contributed by atoms with Gasteiger partial charge in [0.05, 0.1) is 23.0 Å². The molecular formula is C17H18N6O2S. The van der Waals surface area contributed by atoms with Crippen LogP contribution in [0.1, 0.15) is 13.3 Å². The molecule has 0 bridgehead atoms. The van der Waals surface area contributed by atoms with E-state index in [1.807, 2.05) is 37.3 Å². The van der Waals surface area contributed by atoms with E-state index in [0.717, 1.165) is 17.5 Å². The number of rotatable bonds is 6. The number of nitrogens with one attached hydrogen (secondary N) is 2. The SMILES string of the molecule is CCCNC(=O)NC(=O)CSc1ncnc2c1cnn2-c1ccccc1. The van der Waals surface area contributed by atoms with E-state index in [4.69, 9.17) is 0 Å². The molecule has 0 fully saturated rings. The fourth-order valence-electron chi connectivity index (χ4n) is 2.28. The number of carbonyl (C=O) groups excluding carboxylic acids is 2. The van der Waals surface area contributed by atoms with Gasteiger partial charge in [-0.25, -0.2) is 19.4 Å². The summed E-state index contributed by atoms with van der Waals surface area (Å²) in [6, 6.07) is 9.16. The molecule has 3 rings (SSSR count). The molecule has 2 heterocycles. The Morgan fingerprint density at radius 1 is 1.19 bits per heavy atom. The third-order valence-electron chi connectivity index (χ3n) is 3.46. The molecule has 0 aliphatic carbocycles. The van der Waals surface area contributed by atoms with Crippen molar-refractivity contribution >= 4 is 34.7 Å². The number of imide groups is 1. The van der Waals surface area contributed by atoms with E-state index in [2.05, 4.69) is 25.7 Å². The van der Waals surface area contributed by atoms with Crippen LogP contribution in [0.25, 0.3) is 16.7 Å². The van der Waals surface area contributed by atoms with Crippen LogP contribution in [0.15, 0.2) is 47.9 Å². The van der Waals surface area contributed by atoms with Gasteiger partial charge in [-0.3, -0.25) is 10.1 Å². The third-order valence-corrected chi connectivity index (χ3v) is 4.46. The van der Waals surface area contributed by atoms with Crippen LogP contribution >= 0.6 is 11.8 Å². The minimum Gasteiger partial charge on any atom is -0.338 e. The van der Waals surface area contributed by atoms with Crippen molar-refractivity contribution in [3.05, 3.63) is 42.9 Å². The monoisotopic (exact) mass is 370 g/mol. The summed E-state index contributed by atoms with van der Waals surface area (Å²) in [6.07, 6.45) is 3.93. The first-order chi connectivity index (χ1) is 12.7. The van der Waals surface area contributed by atoms with Gasteiger partial charge >= 0.3 is 6.03 Å². The number of aromatic nitrogens is 4. The van der Waals surface area contributed by atoms with E-state index < -0.39 is 6.03 Å². The predicted octanol–water partition coefficient (Wildman–Crippen LogP) is 2.14. The standard InChI is InChI=1S/C17H18N6O2S/c1-2-8-18-17(25)22-14(24)10-26-16-13-9-21-23(15(13)19-11-20-16)12-6-4-3-5-7-12/h3-7,9,11H,2,8,10H2,1H3,(H2,18,22,24,25). The average molecular weight is 370 g/mol. The van der Waals surface area contributed by atoms with Crippen molar-refractivity contribution in [2.75, 3.05) is 12.3 Å². The second kappa shape index (κ2) is 8.43. The lowest BCUT2D eigenvalue weighted by Crippen LogP contribution is -2.40. The van der Waals surface area contributed by atoms with Crippen molar-refractivity contribution in [1.29, 1.82) is 0 Å². The van der Waals surface area contributed by atoms with Crippen molar-refractivity contribution in [3.63, 3.8) is 0 Å². The number of thioether (sulfide) groups is 1. The summed E-state index contributed by atoms with van der Waals surface area (Å²) in [4.78, 5) is 31.9. The molecule has 8 nitrogen and oxygen atoms in total. The zero-order valence-corrected chi connectivity index (χ0v) is 15.0. The van der Waals surface area contributed by atoms with E-state index in [9.17, 15) is 9.59 Å². The molecule has 2 N–H and O–H groups in total. The molecule has 0 radical (unpaired) electrons. The van der Waals surface area contributed by atoms with Crippen molar-refractivity contribution in [3.8, 4) is 5.69 Å². The van der Waals surface area contributed by atoms with E-state index in [-0.39, 0.29) is 11.7 Å². The van der Waals surface area contributed by atoms with Gasteiger partial charge in [0.1, 0.15) is 11.4 Å². The summed E-state index contributed by atoms with van der Waals surface area (Å²) in [6.45, 7) is 2.46. The summed E-state index contributed by atoms with van der Waals surface area (Å²) < 4.78 is 1.72. The molecule has 0 saturated carbocycles. The Morgan fingerprint density at radius 3 is 2.77 bits per heavy atom. The lowest BCUT2D eigenvalue weighted by atomic mass is 10.3. The molecule has 0 spiro atoms. The highest BCUT2D eigenvalue weighted by Crippen LogP contribution is 2.25. The molecule has 26 heavy (non-hydrogen) atoms. The Bertz CT molecular complexity index is 912. The Balaban J connectivity index is 1.70. The molecule has 1 aromatic carbocycles. The number of carbonyl (C=O) groups is 2. The largest absolute Gasteiger partial charge is 0.338 e. The zero-order chi connectivity index (χ0) is 18.4. The molecule has 0 unspecified atom stereocenters. The quantitative estimate of drug-likeness (QED) is 0.509. The van der Waals surface area contributed by atoms with Gasteiger partial charge in [-0.05, 0) is 18.6 Å². The smallest absolute Gasteiger partial charge is 0.321 e. The molecule has 3 amide bonds. The number of urea groups is 1. The maximum atomic E-state index is 11.9. The van der Waals surface area contributed by atoms with Gasteiger partial charge in [-0.2, -0.15) is 5.10 Å². The van der Waals surface area contributed by atoms with Crippen LogP contribution in [0.4, 0.5) is 4.79 Å². The van der Waals surface area contributed by atoms with Crippen LogP contribution in [0.3, 0.4) is 0 Å².